The third-order valence-corrected chi connectivity index (χ3v) is 6.09. The highest BCUT2D eigenvalue weighted by atomic mass is 35.5. The SMILES string of the molecule is Cc1ccc(Cl)cc1NC(=O)[C@@H](C)N(c1ccc(Oc2ccccc2)cc1)S(C)(=O)=O. The maximum atomic E-state index is 12.9. The topological polar surface area (TPSA) is 75.7 Å². The number of amides is 1. The Morgan fingerprint density at radius 2 is 1.61 bits per heavy atom. The van der Waals surface area contributed by atoms with E-state index in [-0.39, 0.29) is 0 Å². The van der Waals surface area contributed by atoms with Crippen LogP contribution in [0.3, 0.4) is 0 Å². The number of ether oxygens (including phenoxy) is 1. The fraction of sp³-hybridized carbons (Fsp3) is 0.174. The molecule has 0 aliphatic rings. The number of hydrogen-bond donors (Lipinski definition) is 1. The Labute approximate surface area is 187 Å². The van der Waals surface area contributed by atoms with Gasteiger partial charge < -0.3 is 10.1 Å². The number of benzene rings is 3. The fourth-order valence-electron chi connectivity index (χ4n) is 3.06. The molecule has 0 fully saturated rings. The molecule has 8 heteroatoms. The molecule has 6 nitrogen and oxygen atoms in total. The molecule has 162 valence electrons. The number of hydrogen-bond acceptors (Lipinski definition) is 4. The van der Waals surface area contributed by atoms with Crippen LogP contribution in [0, 0.1) is 6.92 Å². The molecule has 0 radical (unpaired) electrons. The van der Waals surface area contributed by atoms with Crippen molar-refractivity contribution in [3.63, 3.8) is 0 Å². The van der Waals surface area contributed by atoms with Crippen LogP contribution in [0.4, 0.5) is 11.4 Å². The first-order valence-electron chi connectivity index (χ1n) is 9.54. The molecule has 1 atom stereocenters. The number of carbonyl (C=O) groups is 1. The highest BCUT2D eigenvalue weighted by molar-refractivity contribution is 7.92. The van der Waals surface area contributed by atoms with Gasteiger partial charge in [0.1, 0.15) is 17.5 Å². The predicted molar refractivity (Wildman–Crippen MR) is 125 cm³/mol. The molecule has 0 saturated carbocycles. The normalized spacial score (nSPS) is 12.1. The molecule has 0 bridgehead atoms. The van der Waals surface area contributed by atoms with E-state index in [9.17, 15) is 13.2 Å². The summed E-state index contributed by atoms with van der Waals surface area (Å²) in [7, 11) is -3.74. The van der Waals surface area contributed by atoms with Crippen molar-refractivity contribution in [2.75, 3.05) is 15.9 Å². The Hall–Kier alpha value is -3.03. The summed E-state index contributed by atoms with van der Waals surface area (Å²) >= 11 is 6.01. The van der Waals surface area contributed by atoms with E-state index >= 15 is 0 Å². The van der Waals surface area contributed by atoms with E-state index in [4.69, 9.17) is 16.3 Å². The summed E-state index contributed by atoms with van der Waals surface area (Å²) < 4.78 is 31.9. The van der Waals surface area contributed by atoms with E-state index in [0.717, 1.165) is 16.1 Å². The van der Waals surface area contributed by atoms with Crippen molar-refractivity contribution in [1.29, 1.82) is 0 Å². The number of rotatable bonds is 7. The first-order chi connectivity index (χ1) is 14.6. The Bertz CT molecular complexity index is 1170. The minimum Gasteiger partial charge on any atom is -0.457 e. The van der Waals surface area contributed by atoms with Crippen LogP contribution in [0.15, 0.2) is 72.8 Å². The van der Waals surface area contributed by atoms with Crippen molar-refractivity contribution < 1.29 is 17.9 Å². The van der Waals surface area contributed by atoms with Crippen molar-refractivity contribution >= 4 is 38.9 Å². The van der Waals surface area contributed by atoms with E-state index in [2.05, 4.69) is 5.32 Å². The molecule has 31 heavy (non-hydrogen) atoms. The highest BCUT2D eigenvalue weighted by Crippen LogP contribution is 2.27. The largest absolute Gasteiger partial charge is 0.457 e. The maximum Gasteiger partial charge on any atom is 0.248 e. The molecule has 0 heterocycles. The molecule has 3 aromatic carbocycles. The molecule has 3 rings (SSSR count). The van der Waals surface area contributed by atoms with Gasteiger partial charge in [0.05, 0.1) is 11.9 Å². The highest BCUT2D eigenvalue weighted by Gasteiger charge is 2.29. The molecule has 0 aromatic heterocycles. The van der Waals surface area contributed by atoms with E-state index in [1.807, 2.05) is 37.3 Å². The van der Waals surface area contributed by atoms with Crippen LogP contribution in [-0.2, 0) is 14.8 Å². The third-order valence-electron chi connectivity index (χ3n) is 4.62. The van der Waals surface area contributed by atoms with Crippen LogP contribution in [-0.4, -0.2) is 26.6 Å². The van der Waals surface area contributed by atoms with E-state index in [0.29, 0.717) is 27.9 Å². The van der Waals surface area contributed by atoms with Gasteiger partial charge in [-0.3, -0.25) is 9.10 Å². The standard InChI is InChI=1S/C23H23ClN2O4S/c1-16-9-10-18(24)15-22(16)25-23(27)17(2)26(31(3,28)29)19-11-13-21(14-12-19)30-20-7-5-4-6-8-20/h4-15,17H,1-3H3,(H,25,27)/t17-/m1/s1. The summed E-state index contributed by atoms with van der Waals surface area (Å²) in [6.07, 6.45) is 1.07. The van der Waals surface area contributed by atoms with Gasteiger partial charge in [0.15, 0.2) is 0 Å². The number of nitrogens with zero attached hydrogens (tertiary/aromatic N) is 1. The number of para-hydroxylation sites is 1. The van der Waals surface area contributed by atoms with Gasteiger partial charge in [-0.25, -0.2) is 8.42 Å². The lowest BCUT2D eigenvalue weighted by molar-refractivity contribution is -0.116. The second-order valence-electron chi connectivity index (χ2n) is 7.09. The summed E-state index contributed by atoms with van der Waals surface area (Å²) in [4.78, 5) is 12.9. The number of sulfonamides is 1. The Morgan fingerprint density at radius 1 is 1.00 bits per heavy atom. The van der Waals surface area contributed by atoms with Gasteiger partial charge in [-0.1, -0.05) is 35.9 Å². The van der Waals surface area contributed by atoms with E-state index < -0.39 is 22.0 Å². The Balaban J connectivity index is 1.82. The maximum absolute atomic E-state index is 12.9. The van der Waals surface area contributed by atoms with Gasteiger partial charge in [0.2, 0.25) is 15.9 Å². The molecule has 0 saturated heterocycles. The van der Waals surface area contributed by atoms with Gasteiger partial charge in [-0.05, 0) is 67.9 Å². The number of halogens is 1. The van der Waals surface area contributed by atoms with Crippen molar-refractivity contribution in [2.45, 2.75) is 19.9 Å². The summed E-state index contributed by atoms with van der Waals surface area (Å²) in [6, 6.07) is 19.9. The number of anilines is 2. The van der Waals surface area contributed by atoms with Crippen LogP contribution in [0.5, 0.6) is 11.5 Å². The number of aryl methyl sites for hydroxylation is 1. The zero-order valence-electron chi connectivity index (χ0n) is 17.4. The molecule has 0 aliphatic heterocycles. The second kappa shape index (κ2) is 9.41. The zero-order valence-corrected chi connectivity index (χ0v) is 18.9. The zero-order chi connectivity index (χ0) is 22.6. The quantitative estimate of drug-likeness (QED) is 0.525. The monoisotopic (exact) mass is 458 g/mol. The number of nitrogens with one attached hydrogen (secondary N) is 1. The van der Waals surface area contributed by atoms with Crippen LogP contribution in [0.25, 0.3) is 0 Å². The lowest BCUT2D eigenvalue weighted by Crippen LogP contribution is -2.45. The van der Waals surface area contributed by atoms with Crippen LogP contribution in [0.1, 0.15) is 12.5 Å². The molecule has 1 amide bonds. The summed E-state index contributed by atoms with van der Waals surface area (Å²) in [5.41, 5.74) is 1.70. The van der Waals surface area contributed by atoms with Crippen molar-refractivity contribution in [1.82, 2.24) is 0 Å². The minimum absolute atomic E-state index is 0.355. The predicted octanol–water partition coefficient (Wildman–Crippen LogP) is 5.23. The fourth-order valence-corrected chi connectivity index (χ4v) is 4.41. The molecule has 0 unspecified atom stereocenters. The summed E-state index contributed by atoms with van der Waals surface area (Å²) in [6.45, 7) is 3.36. The van der Waals surface area contributed by atoms with Crippen LogP contribution in [0.2, 0.25) is 5.02 Å². The smallest absolute Gasteiger partial charge is 0.248 e. The molecule has 0 spiro atoms. The average molecular weight is 459 g/mol. The lowest BCUT2D eigenvalue weighted by atomic mass is 10.2. The van der Waals surface area contributed by atoms with Gasteiger partial charge in [-0.2, -0.15) is 0 Å². The third kappa shape index (κ3) is 5.77. The summed E-state index contributed by atoms with van der Waals surface area (Å²) in [5.74, 6) is 0.746. The minimum atomic E-state index is -3.74. The van der Waals surface area contributed by atoms with Gasteiger partial charge in [-0.15, -0.1) is 0 Å². The first-order valence-corrected chi connectivity index (χ1v) is 11.8. The van der Waals surface area contributed by atoms with Crippen LogP contribution >= 0.6 is 11.6 Å². The molecular weight excluding hydrogens is 436 g/mol. The first kappa shape index (κ1) is 22.7. The second-order valence-corrected chi connectivity index (χ2v) is 9.39. The lowest BCUT2D eigenvalue weighted by Gasteiger charge is -2.28. The van der Waals surface area contributed by atoms with E-state index in [1.165, 1.54) is 6.92 Å². The van der Waals surface area contributed by atoms with Crippen molar-refractivity contribution in [2.24, 2.45) is 0 Å². The Morgan fingerprint density at radius 3 is 2.23 bits per heavy atom. The Kier molecular flexibility index (Phi) is 6.87. The van der Waals surface area contributed by atoms with Crippen molar-refractivity contribution in [3.8, 4) is 11.5 Å². The molecule has 1 N–H and O–H groups in total. The molecular formula is C23H23ClN2O4S. The van der Waals surface area contributed by atoms with Gasteiger partial charge >= 0.3 is 0 Å². The molecule has 3 aromatic rings. The molecule has 0 aliphatic carbocycles. The van der Waals surface area contributed by atoms with Crippen LogP contribution < -0.4 is 14.4 Å². The number of carbonyl (C=O) groups excluding carboxylic acids is 1. The van der Waals surface area contributed by atoms with Gasteiger partial charge in [0, 0.05) is 10.7 Å². The summed E-state index contributed by atoms with van der Waals surface area (Å²) in [5, 5.41) is 3.24. The average Bonchev–Trinajstić information content (AvgIpc) is 2.72. The van der Waals surface area contributed by atoms with Gasteiger partial charge in [0.25, 0.3) is 0 Å². The van der Waals surface area contributed by atoms with Crippen molar-refractivity contribution in [3.05, 3.63) is 83.4 Å². The van der Waals surface area contributed by atoms with E-state index in [1.54, 1.807) is 42.5 Å².